The van der Waals surface area contributed by atoms with Crippen molar-refractivity contribution in [2.24, 2.45) is 11.8 Å². The molecule has 1 aliphatic carbocycles. The minimum Gasteiger partial charge on any atom is -0.481 e. The molecule has 3 rings (SSSR count). The van der Waals surface area contributed by atoms with Crippen LogP contribution in [0.4, 0.5) is 4.79 Å². The first-order valence-electron chi connectivity index (χ1n) is 11.1. The number of carbonyl (C=O) groups is 3. The van der Waals surface area contributed by atoms with Gasteiger partial charge in [0.25, 0.3) is 0 Å². The summed E-state index contributed by atoms with van der Waals surface area (Å²) in [5.41, 5.74) is 4.45. The Bertz CT molecular complexity index is 987. The summed E-state index contributed by atoms with van der Waals surface area (Å²) < 4.78 is 5.51. The van der Waals surface area contributed by atoms with Crippen molar-refractivity contribution in [2.75, 3.05) is 13.2 Å². The van der Waals surface area contributed by atoms with Crippen LogP contribution in [-0.2, 0) is 14.3 Å². The smallest absolute Gasteiger partial charge is 0.407 e. The first kappa shape index (κ1) is 24.0. The van der Waals surface area contributed by atoms with E-state index in [-0.39, 0.29) is 31.4 Å². The van der Waals surface area contributed by atoms with Crippen LogP contribution in [0.2, 0.25) is 0 Å². The molecule has 2 unspecified atom stereocenters. The van der Waals surface area contributed by atoms with E-state index in [0.29, 0.717) is 0 Å². The monoisotopic (exact) mass is 450 g/mol. The lowest BCUT2D eigenvalue weighted by atomic mass is 9.96. The van der Waals surface area contributed by atoms with E-state index in [0.717, 1.165) is 22.3 Å². The molecule has 2 amide bonds. The van der Waals surface area contributed by atoms with Crippen molar-refractivity contribution in [2.45, 2.75) is 32.2 Å². The molecule has 0 fully saturated rings. The lowest BCUT2D eigenvalue weighted by Crippen LogP contribution is -2.48. The number of hydrogen-bond donors (Lipinski definition) is 3. The summed E-state index contributed by atoms with van der Waals surface area (Å²) in [7, 11) is 0. The highest BCUT2D eigenvalue weighted by molar-refractivity contribution is 5.86. The van der Waals surface area contributed by atoms with Crippen LogP contribution < -0.4 is 10.6 Å². The molecule has 33 heavy (non-hydrogen) atoms. The van der Waals surface area contributed by atoms with Gasteiger partial charge in [-0.1, -0.05) is 68.5 Å². The normalized spacial score (nSPS) is 14.0. The van der Waals surface area contributed by atoms with Crippen molar-refractivity contribution < 1.29 is 24.2 Å². The average Bonchev–Trinajstić information content (AvgIpc) is 3.10. The number of fused-ring (bicyclic) bond motifs is 3. The van der Waals surface area contributed by atoms with Crippen LogP contribution in [-0.4, -0.2) is 42.3 Å². The molecule has 0 saturated carbocycles. The molecule has 7 nitrogen and oxygen atoms in total. The van der Waals surface area contributed by atoms with Gasteiger partial charge in [-0.25, -0.2) is 4.79 Å². The van der Waals surface area contributed by atoms with Gasteiger partial charge in [-0.2, -0.15) is 0 Å². The first-order chi connectivity index (χ1) is 15.8. The second kappa shape index (κ2) is 10.8. The number of amides is 2. The van der Waals surface area contributed by atoms with Crippen molar-refractivity contribution in [1.29, 1.82) is 0 Å². The van der Waals surface area contributed by atoms with Crippen molar-refractivity contribution in [3.63, 3.8) is 0 Å². The van der Waals surface area contributed by atoms with Gasteiger partial charge in [0.15, 0.2) is 0 Å². The minimum absolute atomic E-state index is 0.0220. The number of carboxylic acid groups (broad SMARTS) is 1. The largest absolute Gasteiger partial charge is 0.481 e. The summed E-state index contributed by atoms with van der Waals surface area (Å²) in [4.78, 5) is 36.5. The first-order valence-corrected chi connectivity index (χ1v) is 11.1. The lowest BCUT2D eigenvalue weighted by Gasteiger charge is -2.21. The summed E-state index contributed by atoms with van der Waals surface area (Å²) in [5.74, 6) is -2.40. The number of rotatable bonds is 10. The molecule has 0 aliphatic heterocycles. The molecule has 2 atom stereocenters. The molecule has 174 valence electrons. The fourth-order valence-electron chi connectivity index (χ4n) is 4.12. The third kappa shape index (κ3) is 5.61. The highest BCUT2D eigenvalue weighted by Crippen LogP contribution is 2.44. The Morgan fingerprint density at radius 3 is 2.15 bits per heavy atom. The summed E-state index contributed by atoms with van der Waals surface area (Å²) in [6, 6.07) is 15.2. The maximum atomic E-state index is 12.6. The van der Waals surface area contributed by atoms with E-state index in [1.165, 1.54) is 6.08 Å². The fourth-order valence-corrected chi connectivity index (χ4v) is 4.12. The predicted octanol–water partition coefficient (Wildman–Crippen LogP) is 3.94. The Balaban J connectivity index is 1.61. The molecule has 0 radical (unpaired) electrons. The van der Waals surface area contributed by atoms with Crippen molar-refractivity contribution >= 4 is 18.0 Å². The van der Waals surface area contributed by atoms with Gasteiger partial charge in [-0.15, -0.1) is 6.58 Å². The van der Waals surface area contributed by atoms with Gasteiger partial charge < -0.3 is 20.5 Å². The average molecular weight is 451 g/mol. The summed E-state index contributed by atoms with van der Waals surface area (Å²) >= 11 is 0. The summed E-state index contributed by atoms with van der Waals surface area (Å²) in [5, 5.41) is 14.5. The number of hydrogen-bond acceptors (Lipinski definition) is 4. The number of nitrogens with one attached hydrogen (secondary N) is 2. The molecule has 0 bridgehead atoms. The number of benzene rings is 2. The molecule has 7 heteroatoms. The molecule has 2 aromatic rings. The Morgan fingerprint density at radius 2 is 1.64 bits per heavy atom. The zero-order valence-corrected chi connectivity index (χ0v) is 18.9. The Hall–Kier alpha value is -3.61. The number of carbonyl (C=O) groups excluding carboxylic acids is 2. The SMILES string of the molecule is C=CCC(NC(=O)OCC1c2ccccc2-c2ccccc21)C(=O)NCC(C(=O)O)C(C)C. The molecule has 0 saturated heterocycles. The number of ether oxygens (including phenoxy) is 1. The molecule has 0 aromatic heterocycles. The van der Waals surface area contributed by atoms with Crippen LogP contribution in [0.3, 0.4) is 0 Å². The Labute approximate surface area is 193 Å². The molecule has 1 aliphatic rings. The summed E-state index contributed by atoms with van der Waals surface area (Å²) in [6.07, 6.45) is 0.998. The maximum Gasteiger partial charge on any atom is 0.407 e. The molecule has 0 heterocycles. The zero-order chi connectivity index (χ0) is 24.0. The number of carboxylic acids is 1. The molecular weight excluding hydrogens is 420 g/mol. The second-order valence-electron chi connectivity index (χ2n) is 8.48. The van der Waals surface area contributed by atoms with Crippen LogP contribution in [0.5, 0.6) is 0 Å². The highest BCUT2D eigenvalue weighted by atomic mass is 16.5. The molecule has 3 N–H and O–H groups in total. The van der Waals surface area contributed by atoms with E-state index in [1.54, 1.807) is 13.8 Å². The quantitative estimate of drug-likeness (QED) is 0.476. The van der Waals surface area contributed by atoms with Gasteiger partial charge in [0.2, 0.25) is 5.91 Å². The summed E-state index contributed by atoms with van der Waals surface area (Å²) in [6.45, 7) is 7.31. The van der Waals surface area contributed by atoms with Gasteiger partial charge in [0, 0.05) is 12.5 Å². The Kier molecular flexibility index (Phi) is 7.87. The van der Waals surface area contributed by atoms with Crippen molar-refractivity contribution in [1.82, 2.24) is 10.6 Å². The standard InChI is InChI=1S/C26H30N2O5/c1-4-9-23(24(29)27-14-21(16(2)3)25(30)31)28-26(32)33-15-22-19-12-7-5-10-17(19)18-11-6-8-13-20(18)22/h4-8,10-13,16,21-23H,1,9,14-15H2,2-3H3,(H,27,29)(H,28,32)(H,30,31). The predicted molar refractivity (Wildman–Crippen MR) is 126 cm³/mol. The van der Waals surface area contributed by atoms with E-state index in [1.807, 2.05) is 36.4 Å². The lowest BCUT2D eigenvalue weighted by molar-refractivity contribution is -0.143. The molecule has 2 aromatic carbocycles. The topological polar surface area (TPSA) is 105 Å². The van der Waals surface area contributed by atoms with E-state index in [2.05, 4.69) is 29.3 Å². The molecular formula is C26H30N2O5. The van der Waals surface area contributed by atoms with E-state index in [4.69, 9.17) is 4.74 Å². The van der Waals surface area contributed by atoms with E-state index >= 15 is 0 Å². The number of aliphatic carboxylic acids is 1. The minimum atomic E-state index is -0.977. The van der Waals surface area contributed by atoms with Gasteiger partial charge in [0.05, 0.1) is 5.92 Å². The second-order valence-corrected chi connectivity index (χ2v) is 8.48. The van der Waals surface area contributed by atoms with Crippen molar-refractivity contribution in [3.8, 4) is 11.1 Å². The van der Waals surface area contributed by atoms with Crippen LogP contribution >= 0.6 is 0 Å². The van der Waals surface area contributed by atoms with Gasteiger partial charge in [-0.05, 0) is 34.6 Å². The van der Waals surface area contributed by atoms with Gasteiger partial charge in [0.1, 0.15) is 12.6 Å². The van der Waals surface area contributed by atoms with Crippen LogP contribution in [0.25, 0.3) is 11.1 Å². The maximum absolute atomic E-state index is 12.6. The molecule has 0 spiro atoms. The van der Waals surface area contributed by atoms with Crippen LogP contribution in [0, 0.1) is 11.8 Å². The van der Waals surface area contributed by atoms with E-state index in [9.17, 15) is 19.5 Å². The van der Waals surface area contributed by atoms with Crippen LogP contribution in [0.1, 0.15) is 37.3 Å². The fraction of sp³-hybridized carbons (Fsp3) is 0.346. The van der Waals surface area contributed by atoms with E-state index < -0.39 is 29.9 Å². The van der Waals surface area contributed by atoms with Gasteiger partial charge in [-0.3, -0.25) is 9.59 Å². The third-order valence-corrected chi connectivity index (χ3v) is 5.97. The number of alkyl carbamates (subject to hydrolysis) is 1. The third-order valence-electron chi connectivity index (χ3n) is 5.97. The van der Waals surface area contributed by atoms with Gasteiger partial charge >= 0.3 is 12.1 Å². The van der Waals surface area contributed by atoms with Crippen LogP contribution in [0.15, 0.2) is 61.2 Å². The highest BCUT2D eigenvalue weighted by Gasteiger charge is 2.30. The van der Waals surface area contributed by atoms with Crippen molar-refractivity contribution in [3.05, 3.63) is 72.3 Å². The zero-order valence-electron chi connectivity index (χ0n) is 18.9. The Morgan fingerprint density at radius 1 is 1.06 bits per heavy atom.